The molecule has 5 nitrogen and oxygen atoms in total. The average Bonchev–Trinajstić information content (AvgIpc) is 3.90. The maximum absolute atomic E-state index is 6.59. The van der Waals surface area contributed by atoms with E-state index < -0.39 is 0 Å². The first-order valence-corrected chi connectivity index (χ1v) is 22.6. The second-order valence-corrected chi connectivity index (χ2v) is 19.2. The first-order chi connectivity index (χ1) is 31.1. The largest absolute Gasteiger partial charge is 0.436 e. The van der Waals surface area contributed by atoms with E-state index in [0.717, 1.165) is 76.4 Å². The van der Waals surface area contributed by atoms with Gasteiger partial charge in [-0.2, -0.15) is 0 Å². The molecule has 1 aliphatic carbocycles. The fourth-order valence-corrected chi connectivity index (χ4v) is 10.6. The van der Waals surface area contributed by atoms with Gasteiger partial charge in [0.05, 0.1) is 16.7 Å². The van der Waals surface area contributed by atoms with Crippen LogP contribution in [0, 0.1) is 6.92 Å². The highest BCUT2D eigenvalue weighted by molar-refractivity contribution is 6.74. The molecule has 0 bridgehead atoms. The molecule has 64 heavy (non-hydrogen) atoms. The van der Waals surface area contributed by atoms with Crippen LogP contribution in [0.1, 0.15) is 57.2 Å². The summed E-state index contributed by atoms with van der Waals surface area (Å²) in [7, 11) is 0.730. The number of benzene rings is 8. The Hall–Kier alpha value is -7.31. The predicted octanol–water partition coefficient (Wildman–Crippen LogP) is 13.8. The summed E-state index contributed by atoms with van der Waals surface area (Å²) in [6, 6.07) is 61.7. The van der Waals surface area contributed by atoms with E-state index in [1.807, 2.05) is 18.2 Å². The molecule has 0 radical (unpaired) electrons. The van der Waals surface area contributed by atoms with Gasteiger partial charge in [0.25, 0.3) is 0 Å². The Morgan fingerprint density at radius 3 is 1.97 bits per heavy atom. The van der Waals surface area contributed by atoms with Crippen molar-refractivity contribution in [2.75, 3.05) is 10.2 Å². The summed E-state index contributed by atoms with van der Waals surface area (Å²) >= 11 is 0. The number of fused-ring (bicyclic) bond motifs is 7. The van der Waals surface area contributed by atoms with Crippen molar-refractivity contribution in [2.45, 2.75) is 58.3 Å². The molecule has 0 saturated heterocycles. The molecule has 1 N–H and O–H groups in total. The number of hydrogen-bond acceptors (Lipinski definition) is 4. The lowest BCUT2D eigenvalue weighted by atomic mass is 9.58. The minimum absolute atomic E-state index is 0.00276. The molecular weight excluding hydrogens is 779 g/mol. The van der Waals surface area contributed by atoms with E-state index in [1.54, 1.807) is 0 Å². The van der Waals surface area contributed by atoms with E-state index in [9.17, 15) is 0 Å². The van der Waals surface area contributed by atoms with Crippen molar-refractivity contribution in [1.82, 2.24) is 9.55 Å². The highest BCUT2D eigenvalue weighted by Gasteiger charge is 2.39. The van der Waals surface area contributed by atoms with Crippen LogP contribution < -0.4 is 21.1 Å². The van der Waals surface area contributed by atoms with Crippen molar-refractivity contribution in [2.24, 2.45) is 0 Å². The zero-order valence-electron chi connectivity index (χ0n) is 37.0. The highest BCUT2D eigenvalue weighted by Crippen LogP contribution is 2.51. The van der Waals surface area contributed by atoms with E-state index in [4.69, 9.17) is 9.40 Å². The Labute approximate surface area is 375 Å². The van der Waals surface area contributed by atoms with Gasteiger partial charge in [0.15, 0.2) is 12.9 Å². The third kappa shape index (κ3) is 6.11. The van der Waals surface area contributed by atoms with Crippen LogP contribution in [-0.2, 0) is 10.8 Å². The summed E-state index contributed by atoms with van der Waals surface area (Å²) in [6.45, 7) is 11.9. The zero-order valence-corrected chi connectivity index (χ0v) is 37.0. The number of nitrogens with one attached hydrogen (secondary N) is 1. The van der Waals surface area contributed by atoms with Gasteiger partial charge in [-0.25, -0.2) is 4.98 Å². The number of anilines is 5. The average molecular weight is 829 g/mol. The fraction of sp³-hybridized carbons (Fsp3) is 0.155. The third-order valence-electron chi connectivity index (χ3n) is 14.1. The highest BCUT2D eigenvalue weighted by atomic mass is 16.3. The molecule has 0 spiro atoms. The summed E-state index contributed by atoms with van der Waals surface area (Å²) < 4.78 is 9.11. The topological polar surface area (TPSA) is 46.2 Å². The molecule has 2 aliphatic rings. The molecule has 0 unspecified atom stereocenters. The third-order valence-corrected chi connectivity index (χ3v) is 14.1. The maximum Gasteiger partial charge on any atom is 0.227 e. The SMILES string of the molecule is Cc1ccc(Nc2cc3c(cc2-c2cc(N(c4ccccc4)c4ccccc4)c4c5ccccc5n5c4c2Bc2cc4nc(-c6ccccc6)oc4cc2-5)C(C)(C)CCC3(C)C)cc1. The van der Waals surface area contributed by atoms with Crippen LogP contribution in [0.2, 0.25) is 0 Å². The van der Waals surface area contributed by atoms with E-state index in [1.165, 1.54) is 55.0 Å². The van der Waals surface area contributed by atoms with Gasteiger partial charge in [0.1, 0.15) is 5.52 Å². The second-order valence-electron chi connectivity index (χ2n) is 19.2. The van der Waals surface area contributed by atoms with Gasteiger partial charge in [0, 0.05) is 56.4 Å². The quantitative estimate of drug-likeness (QED) is 0.163. The van der Waals surface area contributed by atoms with Crippen LogP contribution in [0.3, 0.4) is 0 Å². The van der Waals surface area contributed by atoms with Crippen molar-refractivity contribution < 1.29 is 4.42 Å². The number of aromatic nitrogens is 2. The normalized spacial score (nSPS) is 14.6. The number of rotatable bonds is 7. The van der Waals surface area contributed by atoms with Gasteiger partial charge < -0.3 is 19.2 Å². The fourth-order valence-electron chi connectivity index (χ4n) is 10.6. The first-order valence-electron chi connectivity index (χ1n) is 22.6. The lowest BCUT2D eigenvalue weighted by Crippen LogP contribution is -2.38. The summed E-state index contributed by atoms with van der Waals surface area (Å²) in [5.41, 5.74) is 20.7. The Morgan fingerprint density at radius 1 is 0.656 bits per heavy atom. The summed E-state index contributed by atoms with van der Waals surface area (Å²) in [5, 5.41) is 6.44. The number of para-hydroxylation sites is 3. The molecule has 3 heterocycles. The van der Waals surface area contributed by atoms with Crippen LogP contribution in [0.5, 0.6) is 0 Å². The molecule has 0 atom stereocenters. The molecule has 1 aliphatic heterocycles. The molecule has 10 aromatic rings. The summed E-state index contributed by atoms with van der Waals surface area (Å²) in [5.74, 6) is 0.633. The Bertz CT molecular complexity index is 3400. The predicted molar refractivity (Wildman–Crippen MR) is 270 cm³/mol. The van der Waals surface area contributed by atoms with E-state index in [2.05, 4.69) is 201 Å². The number of hydrogen-bond donors (Lipinski definition) is 1. The number of oxazole rings is 1. The van der Waals surface area contributed by atoms with Crippen LogP contribution in [0.25, 0.3) is 61.2 Å². The minimum atomic E-state index is 0.00276. The van der Waals surface area contributed by atoms with Crippen LogP contribution >= 0.6 is 0 Å². The van der Waals surface area contributed by atoms with Gasteiger partial charge in [-0.15, -0.1) is 0 Å². The van der Waals surface area contributed by atoms with Crippen LogP contribution in [0.15, 0.2) is 174 Å². The Morgan fingerprint density at radius 2 is 1.28 bits per heavy atom. The summed E-state index contributed by atoms with van der Waals surface area (Å²) in [6.07, 6.45) is 2.27. The molecule has 12 rings (SSSR count). The van der Waals surface area contributed by atoms with Crippen molar-refractivity contribution in [3.63, 3.8) is 0 Å². The van der Waals surface area contributed by atoms with Gasteiger partial charge in [-0.05, 0) is 132 Å². The smallest absolute Gasteiger partial charge is 0.227 e. The van der Waals surface area contributed by atoms with Crippen LogP contribution in [-0.4, -0.2) is 16.8 Å². The first kappa shape index (κ1) is 38.4. The molecule has 310 valence electrons. The van der Waals surface area contributed by atoms with Gasteiger partial charge >= 0.3 is 0 Å². The molecule has 6 heteroatoms. The Balaban J connectivity index is 1.22. The lowest BCUT2D eigenvalue weighted by molar-refractivity contribution is 0.332. The van der Waals surface area contributed by atoms with Crippen LogP contribution in [0.4, 0.5) is 28.4 Å². The zero-order chi connectivity index (χ0) is 43.3. The lowest BCUT2D eigenvalue weighted by Gasteiger charge is -2.42. The van der Waals surface area contributed by atoms with Crippen molar-refractivity contribution in [3.8, 4) is 28.3 Å². The van der Waals surface area contributed by atoms with Gasteiger partial charge in [-0.1, -0.05) is 124 Å². The second kappa shape index (κ2) is 14.4. The van der Waals surface area contributed by atoms with E-state index >= 15 is 0 Å². The molecule has 8 aromatic carbocycles. The van der Waals surface area contributed by atoms with Crippen molar-refractivity contribution in [1.29, 1.82) is 0 Å². The molecule has 0 saturated carbocycles. The minimum Gasteiger partial charge on any atom is -0.436 e. The number of aryl methyl sites for hydroxylation is 1. The molecule has 0 fully saturated rings. The van der Waals surface area contributed by atoms with Gasteiger partial charge in [0.2, 0.25) is 5.89 Å². The summed E-state index contributed by atoms with van der Waals surface area (Å²) in [4.78, 5) is 7.54. The number of nitrogens with zero attached hydrogens (tertiary/aromatic N) is 3. The van der Waals surface area contributed by atoms with Gasteiger partial charge in [-0.3, -0.25) is 0 Å². The maximum atomic E-state index is 6.59. The molecule has 2 aromatic heterocycles. The standard InChI is InChI=1S/C58H49BN4O/c1-36-25-27-38(28-26-36)60-47-33-45-44(57(2,3)29-30-58(45,4)5)31-42(47)43-32-51(62(39-19-11-7-12-20-39)40-21-13-8-14-22-40)53-41-23-15-16-24-49(41)63-50-35-52-48(34-46(50)59-54(43)55(53)63)61-56(64-52)37-17-9-6-10-18-37/h6-28,31-35,59-60H,29-30H2,1-5H3. The van der Waals surface area contributed by atoms with E-state index in [0.29, 0.717) is 5.89 Å². The van der Waals surface area contributed by atoms with Crippen molar-refractivity contribution in [3.05, 3.63) is 187 Å². The molecular formula is C58H49BN4O. The van der Waals surface area contributed by atoms with E-state index in [-0.39, 0.29) is 10.8 Å². The monoisotopic (exact) mass is 828 g/mol. The Kier molecular flexibility index (Phi) is 8.61. The van der Waals surface area contributed by atoms with Crippen molar-refractivity contribution >= 4 is 79.5 Å². The molecule has 0 amide bonds.